The van der Waals surface area contributed by atoms with Crippen LogP contribution < -0.4 is 0 Å². The molecule has 0 radical (unpaired) electrons. The van der Waals surface area contributed by atoms with Gasteiger partial charge in [-0.15, -0.1) is 0 Å². The van der Waals surface area contributed by atoms with Gasteiger partial charge in [0, 0.05) is 12.5 Å². The van der Waals surface area contributed by atoms with Gasteiger partial charge in [0.1, 0.15) is 0 Å². The largest absolute Gasteiger partial charge is 0.285 e. The zero-order valence-corrected chi connectivity index (χ0v) is 9.72. The van der Waals surface area contributed by atoms with Crippen LogP contribution in [0.15, 0.2) is 24.3 Å². The van der Waals surface area contributed by atoms with E-state index in [1.54, 1.807) is 0 Å². The molecule has 0 N–H and O–H groups in total. The van der Waals surface area contributed by atoms with Crippen molar-refractivity contribution in [2.75, 3.05) is 0 Å². The van der Waals surface area contributed by atoms with Crippen LogP contribution in [0.1, 0.15) is 38.8 Å². The Hall–Kier alpha value is -1.55. The number of carbonyl (C=O) groups is 1. The molecule has 1 aromatic rings. The summed E-state index contributed by atoms with van der Waals surface area (Å²) in [5, 5.41) is 0. The zero-order chi connectivity index (χ0) is 11.5. The molecule has 0 unspecified atom stereocenters. The lowest BCUT2D eigenvalue weighted by molar-refractivity contribution is -0.111. The molecule has 1 nitrogen and oxygen atoms in total. The molecule has 0 fully saturated rings. The van der Waals surface area contributed by atoms with E-state index in [0.717, 1.165) is 5.56 Å². The molecule has 0 aliphatic rings. The van der Waals surface area contributed by atoms with E-state index in [2.05, 4.69) is 44.7 Å². The minimum absolute atomic E-state index is 0.102. The molecule has 0 amide bonds. The SMILES string of the molecule is CC(=O)C#Cc1ccc(C(C)(C)C)cc1. The minimum atomic E-state index is -0.102. The average Bonchev–Trinajstić information content (AvgIpc) is 2.14. The third-order valence-electron chi connectivity index (χ3n) is 2.13. The molecular formula is C14H16O. The maximum absolute atomic E-state index is 10.7. The van der Waals surface area contributed by atoms with Gasteiger partial charge in [-0.1, -0.05) is 38.8 Å². The topological polar surface area (TPSA) is 17.1 Å². The highest BCUT2D eigenvalue weighted by molar-refractivity contribution is 5.93. The molecule has 0 bridgehead atoms. The summed E-state index contributed by atoms with van der Waals surface area (Å²) in [7, 11) is 0. The van der Waals surface area contributed by atoms with Crippen LogP contribution in [-0.2, 0) is 10.2 Å². The fourth-order valence-electron chi connectivity index (χ4n) is 1.21. The van der Waals surface area contributed by atoms with Crippen molar-refractivity contribution >= 4 is 5.78 Å². The summed E-state index contributed by atoms with van der Waals surface area (Å²) >= 11 is 0. The van der Waals surface area contributed by atoms with Crippen molar-refractivity contribution in [2.24, 2.45) is 0 Å². The van der Waals surface area contributed by atoms with Gasteiger partial charge in [0.2, 0.25) is 5.78 Å². The van der Waals surface area contributed by atoms with E-state index in [1.165, 1.54) is 12.5 Å². The third-order valence-corrected chi connectivity index (χ3v) is 2.13. The molecule has 78 valence electrons. The quantitative estimate of drug-likeness (QED) is 0.588. The van der Waals surface area contributed by atoms with Crippen molar-refractivity contribution in [3.05, 3.63) is 35.4 Å². The molecule has 0 atom stereocenters. The first-order chi connectivity index (χ1) is 6.89. The molecule has 1 aromatic carbocycles. The lowest BCUT2D eigenvalue weighted by atomic mass is 9.87. The fraction of sp³-hybridized carbons (Fsp3) is 0.357. The van der Waals surface area contributed by atoms with E-state index < -0.39 is 0 Å². The molecule has 0 saturated heterocycles. The van der Waals surface area contributed by atoms with E-state index >= 15 is 0 Å². The second-order valence-electron chi connectivity index (χ2n) is 4.63. The van der Waals surface area contributed by atoms with Gasteiger partial charge in [-0.05, 0) is 29.0 Å². The van der Waals surface area contributed by atoms with E-state index in [-0.39, 0.29) is 11.2 Å². The lowest BCUT2D eigenvalue weighted by Crippen LogP contribution is -2.10. The van der Waals surface area contributed by atoms with Gasteiger partial charge in [-0.2, -0.15) is 0 Å². The molecule has 0 aliphatic carbocycles. The van der Waals surface area contributed by atoms with Crippen LogP contribution in [0.5, 0.6) is 0 Å². The van der Waals surface area contributed by atoms with Crippen LogP contribution >= 0.6 is 0 Å². The van der Waals surface area contributed by atoms with Crippen molar-refractivity contribution in [3.63, 3.8) is 0 Å². The monoisotopic (exact) mass is 200 g/mol. The van der Waals surface area contributed by atoms with Crippen molar-refractivity contribution in [1.29, 1.82) is 0 Å². The molecule has 1 rings (SSSR count). The van der Waals surface area contributed by atoms with Gasteiger partial charge in [-0.25, -0.2) is 0 Å². The highest BCUT2D eigenvalue weighted by Crippen LogP contribution is 2.21. The summed E-state index contributed by atoms with van der Waals surface area (Å²) in [6, 6.07) is 8.03. The molecule has 0 saturated carbocycles. The van der Waals surface area contributed by atoms with Gasteiger partial charge >= 0.3 is 0 Å². The van der Waals surface area contributed by atoms with Gasteiger partial charge in [0.15, 0.2) is 0 Å². The minimum Gasteiger partial charge on any atom is -0.285 e. The van der Waals surface area contributed by atoms with Crippen LogP contribution in [0, 0.1) is 11.8 Å². The normalized spacial score (nSPS) is 10.4. The Balaban J connectivity index is 2.93. The molecule has 0 aromatic heterocycles. The fourth-order valence-corrected chi connectivity index (χ4v) is 1.21. The number of carbonyl (C=O) groups excluding carboxylic acids is 1. The summed E-state index contributed by atoms with van der Waals surface area (Å²) in [6.45, 7) is 7.98. The summed E-state index contributed by atoms with van der Waals surface area (Å²) in [4.78, 5) is 10.7. The highest BCUT2D eigenvalue weighted by atomic mass is 16.1. The molecule has 0 heterocycles. The summed E-state index contributed by atoms with van der Waals surface area (Å²) in [5.74, 6) is 5.25. The standard InChI is InChI=1S/C14H16O/c1-11(15)5-6-12-7-9-13(10-8-12)14(2,3)4/h7-10H,1-4H3. The molecule has 0 spiro atoms. The Bertz CT molecular complexity index is 407. The van der Waals surface area contributed by atoms with Crippen LogP contribution in [-0.4, -0.2) is 5.78 Å². The van der Waals surface area contributed by atoms with Crippen LogP contribution in [0.2, 0.25) is 0 Å². The number of benzene rings is 1. The first-order valence-electron chi connectivity index (χ1n) is 5.03. The predicted molar refractivity (Wildman–Crippen MR) is 62.7 cm³/mol. The molecule has 1 heteroatoms. The Labute approximate surface area is 91.5 Å². The number of Topliss-reactive ketones (excluding diaryl/α,β-unsaturated/α-hetero) is 1. The number of hydrogen-bond acceptors (Lipinski definition) is 1. The van der Waals surface area contributed by atoms with Crippen LogP contribution in [0.3, 0.4) is 0 Å². The van der Waals surface area contributed by atoms with Crippen LogP contribution in [0.25, 0.3) is 0 Å². The van der Waals surface area contributed by atoms with Crippen molar-refractivity contribution < 1.29 is 4.79 Å². The summed E-state index contributed by atoms with van der Waals surface area (Å²) in [6.07, 6.45) is 0. The van der Waals surface area contributed by atoms with Gasteiger partial charge in [0.05, 0.1) is 0 Å². The lowest BCUT2D eigenvalue weighted by Gasteiger charge is -2.18. The van der Waals surface area contributed by atoms with Crippen molar-refractivity contribution in [1.82, 2.24) is 0 Å². The number of ketones is 1. The second kappa shape index (κ2) is 4.31. The summed E-state index contributed by atoms with van der Waals surface area (Å²) in [5.41, 5.74) is 2.32. The highest BCUT2D eigenvalue weighted by Gasteiger charge is 2.12. The second-order valence-corrected chi connectivity index (χ2v) is 4.63. The molecular weight excluding hydrogens is 184 g/mol. The maximum atomic E-state index is 10.7. The smallest absolute Gasteiger partial charge is 0.202 e. The Morgan fingerprint density at radius 1 is 1.13 bits per heavy atom. The number of hydrogen-bond donors (Lipinski definition) is 0. The first-order valence-corrected chi connectivity index (χ1v) is 5.03. The average molecular weight is 200 g/mol. The Morgan fingerprint density at radius 2 is 1.67 bits per heavy atom. The molecule has 15 heavy (non-hydrogen) atoms. The van der Waals surface area contributed by atoms with Gasteiger partial charge in [0.25, 0.3) is 0 Å². The first kappa shape index (κ1) is 11.5. The molecule has 0 aliphatic heterocycles. The number of rotatable bonds is 0. The van der Waals surface area contributed by atoms with E-state index in [4.69, 9.17) is 0 Å². The van der Waals surface area contributed by atoms with Crippen molar-refractivity contribution in [2.45, 2.75) is 33.1 Å². The zero-order valence-electron chi connectivity index (χ0n) is 9.72. The van der Waals surface area contributed by atoms with Gasteiger partial charge in [-0.3, -0.25) is 4.79 Å². The van der Waals surface area contributed by atoms with Crippen molar-refractivity contribution in [3.8, 4) is 11.8 Å². The van der Waals surface area contributed by atoms with Crippen LogP contribution in [0.4, 0.5) is 0 Å². The third kappa shape index (κ3) is 3.59. The Kier molecular flexibility index (Phi) is 3.31. The van der Waals surface area contributed by atoms with E-state index in [0.29, 0.717) is 0 Å². The Morgan fingerprint density at radius 3 is 2.07 bits per heavy atom. The maximum Gasteiger partial charge on any atom is 0.202 e. The van der Waals surface area contributed by atoms with E-state index in [9.17, 15) is 4.79 Å². The summed E-state index contributed by atoms with van der Waals surface area (Å²) < 4.78 is 0. The predicted octanol–water partition coefficient (Wildman–Crippen LogP) is 2.92. The van der Waals surface area contributed by atoms with Gasteiger partial charge < -0.3 is 0 Å². The van der Waals surface area contributed by atoms with E-state index in [1.807, 2.05) is 12.1 Å².